The molecule has 0 saturated carbocycles. The average Bonchev–Trinajstić information content (AvgIpc) is 2.94. The fourth-order valence-corrected chi connectivity index (χ4v) is 3.70. The number of hydrogen-bond donors (Lipinski definition) is 2. The predicted molar refractivity (Wildman–Crippen MR) is 89.9 cm³/mol. The second-order valence-corrected chi connectivity index (χ2v) is 7.13. The Morgan fingerprint density at radius 1 is 1.38 bits per heavy atom. The monoisotopic (exact) mass is 325 g/mol. The molecule has 114 valence electrons. The number of rotatable bonds is 3. The molecular weight excluding hydrogens is 306 g/mol. The first-order valence-electron chi connectivity index (χ1n) is 7.18. The summed E-state index contributed by atoms with van der Waals surface area (Å²) < 4.78 is 2.71. The van der Waals surface area contributed by atoms with E-state index in [-0.39, 0.29) is 0 Å². The number of anilines is 3. The molecule has 0 spiro atoms. The van der Waals surface area contributed by atoms with Gasteiger partial charge in [-0.3, -0.25) is 4.68 Å². The van der Waals surface area contributed by atoms with Crippen molar-refractivity contribution < 1.29 is 0 Å². The zero-order chi connectivity index (χ0) is 14.8. The SMILES string of the molecule is Cn1ncc(Nc2ccc(Cl)s2)c1N1CCCC(N)CC1. The van der Waals surface area contributed by atoms with Crippen LogP contribution in [0.2, 0.25) is 4.34 Å². The van der Waals surface area contributed by atoms with E-state index < -0.39 is 0 Å². The number of thiophene rings is 1. The molecule has 5 nitrogen and oxygen atoms in total. The molecule has 0 aromatic carbocycles. The highest BCUT2D eigenvalue weighted by atomic mass is 35.5. The zero-order valence-electron chi connectivity index (χ0n) is 12.1. The van der Waals surface area contributed by atoms with Gasteiger partial charge in [-0.15, -0.1) is 11.3 Å². The fourth-order valence-electron chi connectivity index (χ4n) is 2.74. The van der Waals surface area contributed by atoms with Crippen LogP contribution >= 0.6 is 22.9 Å². The highest BCUT2D eigenvalue weighted by Crippen LogP contribution is 2.33. The second kappa shape index (κ2) is 6.25. The predicted octanol–water partition coefficient (Wildman–Crippen LogP) is 3.20. The van der Waals surface area contributed by atoms with E-state index >= 15 is 0 Å². The first kappa shape index (κ1) is 14.7. The van der Waals surface area contributed by atoms with Crippen molar-refractivity contribution in [2.75, 3.05) is 23.3 Å². The lowest BCUT2D eigenvalue weighted by Gasteiger charge is -2.24. The van der Waals surface area contributed by atoms with Gasteiger partial charge in [0, 0.05) is 26.2 Å². The van der Waals surface area contributed by atoms with Gasteiger partial charge in [0.05, 0.1) is 15.5 Å². The Morgan fingerprint density at radius 2 is 2.24 bits per heavy atom. The molecule has 7 heteroatoms. The summed E-state index contributed by atoms with van der Waals surface area (Å²) in [4.78, 5) is 2.37. The van der Waals surface area contributed by atoms with Gasteiger partial charge in [0.2, 0.25) is 0 Å². The number of aromatic nitrogens is 2. The van der Waals surface area contributed by atoms with Crippen LogP contribution in [0, 0.1) is 0 Å². The van der Waals surface area contributed by atoms with Crippen LogP contribution in [0.1, 0.15) is 19.3 Å². The normalized spacial score (nSPS) is 19.6. The van der Waals surface area contributed by atoms with E-state index in [9.17, 15) is 0 Å². The van der Waals surface area contributed by atoms with E-state index in [1.165, 1.54) is 11.3 Å². The van der Waals surface area contributed by atoms with Crippen LogP contribution in [0.3, 0.4) is 0 Å². The third kappa shape index (κ3) is 3.33. The minimum atomic E-state index is 0.315. The van der Waals surface area contributed by atoms with Gasteiger partial charge < -0.3 is 16.0 Å². The van der Waals surface area contributed by atoms with Gasteiger partial charge in [0.15, 0.2) is 5.82 Å². The van der Waals surface area contributed by atoms with E-state index in [0.29, 0.717) is 6.04 Å². The van der Waals surface area contributed by atoms with Crippen LogP contribution in [0.5, 0.6) is 0 Å². The summed E-state index contributed by atoms with van der Waals surface area (Å²) in [6.45, 7) is 1.99. The quantitative estimate of drug-likeness (QED) is 0.910. The molecular formula is C14H20ClN5S. The molecule has 3 heterocycles. The summed E-state index contributed by atoms with van der Waals surface area (Å²) in [6.07, 6.45) is 5.11. The number of halogens is 1. The van der Waals surface area contributed by atoms with Gasteiger partial charge in [-0.05, 0) is 31.4 Å². The molecule has 0 aliphatic carbocycles. The largest absolute Gasteiger partial charge is 0.355 e. The van der Waals surface area contributed by atoms with Gasteiger partial charge in [-0.25, -0.2) is 0 Å². The van der Waals surface area contributed by atoms with Gasteiger partial charge in [-0.1, -0.05) is 11.6 Å². The summed E-state index contributed by atoms with van der Waals surface area (Å²) in [5.74, 6) is 1.12. The number of aryl methyl sites for hydroxylation is 1. The molecule has 1 fully saturated rings. The molecule has 0 bridgehead atoms. The number of nitrogens with two attached hydrogens (primary N) is 1. The van der Waals surface area contributed by atoms with Gasteiger partial charge >= 0.3 is 0 Å². The Balaban J connectivity index is 1.82. The van der Waals surface area contributed by atoms with Crippen molar-refractivity contribution in [1.82, 2.24) is 9.78 Å². The molecule has 1 atom stereocenters. The van der Waals surface area contributed by atoms with Crippen LogP contribution < -0.4 is 16.0 Å². The molecule has 21 heavy (non-hydrogen) atoms. The molecule has 0 amide bonds. The van der Waals surface area contributed by atoms with Crippen molar-refractivity contribution in [3.63, 3.8) is 0 Å². The standard InChI is InChI=1S/C14H20ClN5S/c1-19-14(20-7-2-3-10(16)6-8-20)11(9-17-19)18-13-5-4-12(15)21-13/h4-5,9-10,18H,2-3,6-8,16H2,1H3. The third-order valence-corrected chi connectivity index (χ3v) is 4.96. The van der Waals surface area contributed by atoms with Crippen molar-refractivity contribution in [3.05, 3.63) is 22.7 Å². The lowest BCUT2D eigenvalue weighted by atomic mass is 10.1. The summed E-state index contributed by atoms with van der Waals surface area (Å²) in [6, 6.07) is 4.20. The summed E-state index contributed by atoms with van der Waals surface area (Å²) in [5.41, 5.74) is 7.09. The van der Waals surface area contributed by atoms with Crippen LogP contribution in [-0.4, -0.2) is 28.9 Å². The molecule has 2 aromatic heterocycles. The maximum atomic E-state index is 6.08. The molecule has 2 aromatic rings. The highest BCUT2D eigenvalue weighted by molar-refractivity contribution is 7.19. The lowest BCUT2D eigenvalue weighted by Crippen LogP contribution is -2.28. The first-order valence-corrected chi connectivity index (χ1v) is 8.38. The van der Waals surface area contributed by atoms with Crippen LogP contribution in [0.25, 0.3) is 0 Å². The van der Waals surface area contributed by atoms with Gasteiger partial charge in [-0.2, -0.15) is 5.10 Å². The van der Waals surface area contributed by atoms with Gasteiger partial charge in [0.1, 0.15) is 5.69 Å². The number of hydrogen-bond acceptors (Lipinski definition) is 5. The van der Waals surface area contributed by atoms with Gasteiger partial charge in [0.25, 0.3) is 0 Å². The molecule has 1 saturated heterocycles. The van der Waals surface area contributed by atoms with Crippen LogP contribution in [-0.2, 0) is 7.05 Å². The molecule has 1 unspecified atom stereocenters. The van der Waals surface area contributed by atoms with E-state index in [4.69, 9.17) is 17.3 Å². The summed E-state index contributed by atoms with van der Waals surface area (Å²) >= 11 is 7.52. The molecule has 0 radical (unpaired) electrons. The Morgan fingerprint density at radius 3 is 3.00 bits per heavy atom. The highest BCUT2D eigenvalue weighted by Gasteiger charge is 2.20. The van der Waals surface area contributed by atoms with Crippen molar-refractivity contribution >= 4 is 39.4 Å². The third-order valence-electron chi connectivity index (χ3n) is 3.81. The molecule has 3 N–H and O–H groups in total. The van der Waals surface area contributed by atoms with E-state index in [1.54, 1.807) is 0 Å². The Hall–Kier alpha value is -1.24. The maximum Gasteiger partial charge on any atom is 0.150 e. The van der Waals surface area contributed by atoms with Crippen LogP contribution in [0.15, 0.2) is 18.3 Å². The summed E-state index contributed by atoms with van der Waals surface area (Å²) in [7, 11) is 1.98. The molecule has 3 rings (SSSR count). The smallest absolute Gasteiger partial charge is 0.150 e. The van der Waals surface area contributed by atoms with Crippen molar-refractivity contribution in [1.29, 1.82) is 0 Å². The van der Waals surface area contributed by atoms with Crippen molar-refractivity contribution in [2.45, 2.75) is 25.3 Å². The van der Waals surface area contributed by atoms with E-state index in [0.717, 1.165) is 53.2 Å². The Bertz CT molecular complexity index is 608. The van der Waals surface area contributed by atoms with Crippen molar-refractivity contribution in [2.24, 2.45) is 12.8 Å². The van der Waals surface area contributed by atoms with Crippen LogP contribution in [0.4, 0.5) is 16.5 Å². The minimum absolute atomic E-state index is 0.315. The average molecular weight is 326 g/mol. The summed E-state index contributed by atoms with van der Waals surface area (Å²) in [5, 5.41) is 8.85. The second-order valence-electron chi connectivity index (χ2n) is 5.41. The van der Waals surface area contributed by atoms with E-state index in [2.05, 4.69) is 15.3 Å². The Kier molecular flexibility index (Phi) is 4.37. The molecule has 1 aliphatic heterocycles. The number of nitrogens with zero attached hydrogens (tertiary/aromatic N) is 3. The van der Waals surface area contributed by atoms with E-state index in [1.807, 2.05) is 30.1 Å². The maximum absolute atomic E-state index is 6.08. The van der Waals surface area contributed by atoms with Crippen molar-refractivity contribution in [3.8, 4) is 0 Å². The fraction of sp³-hybridized carbons (Fsp3) is 0.500. The Labute approximate surface area is 133 Å². The topological polar surface area (TPSA) is 59.1 Å². The first-order chi connectivity index (χ1) is 10.1. The zero-order valence-corrected chi connectivity index (χ0v) is 13.6. The lowest BCUT2D eigenvalue weighted by molar-refractivity contribution is 0.601. The molecule has 1 aliphatic rings. The minimum Gasteiger partial charge on any atom is -0.355 e. The number of nitrogens with one attached hydrogen (secondary N) is 1.